The lowest BCUT2D eigenvalue weighted by molar-refractivity contribution is -0.143. The summed E-state index contributed by atoms with van der Waals surface area (Å²) in [5.41, 5.74) is 3.23. The van der Waals surface area contributed by atoms with Crippen LogP contribution < -0.4 is 10.6 Å². The molecule has 4 rings (SSSR count). The van der Waals surface area contributed by atoms with Crippen LogP contribution in [0.2, 0.25) is 0 Å². The van der Waals surface area contributed by atoms with E-state index in [0.29, 0.717) is 29.7 Å². The minimum atomic E-state index is -0.608. The standard InChI is InChI=1S/C27H24N2O5/c30-24(21-11-13-22-20(15-21)12-14-25(31)28-22)17-34-26(32)16-23(18-7-3-1-4-8-18)29-27(33)19-9-5-2-6-10-19/h1-11,13,15,23H,12,14,16-17H2,(H,28,31)(H,29,33). The van der Waals surface area contributed by atoms with Crippen molar-refractivity contribution >= 4 is 29.3 Å². The minimum Gasteiger partial charge on any atom is -0.457 e. The number of carbonyl (C=O) groups is 4. The van der Waals surface area contributed by atoms with Gasteiger partial charge >= 0.3 is 5.97 Å². The Morgan fingerprint density at radius 1 is 0.882 bits per heavy atom. The highest BCUT2D eigenvalue weighted by Crippen LogP contribution is 2.24. The van der Waals surface area contributed by atoms with Crippen LogP contribution in [0.3, 0.4) is 0 Å². The first-order chi connectivity index (χ1) is 16.5. The summed E-state index contributed by atoms with van der Waals surface area (Å²) in [5.74, 6) is -1.29. The molecule has 0 bridgehead atoms. The van der Waals surface area contributed by atoms with Crippen molar-refractivity contribution in [1.82, 2.24) is 5.32 Å². The van der Waals surface area contributed by atoms with Crippen LogP contribution in [0.4, 0.5) is 5.69 Å². The molecule has 0 saturated carbocycles. The number of anilines is 1. The zero-order chi connectivity index (χ0) is 23.9. The van der Waals surface area contributed by atoms with Crippen molar-refractivity contribution in [3.05, 3.63) is 101 Å². The van der Waals surface area contributed by atoms with Crippen molar-refractivity contribution in [2.45, 2.75) is 25.3 Å². The smallest absolute Gasteiger partial charge is 0.308 e. The summed E-state index contributed by atoms with van der Waals surface area (Å²) in [6.45, 7) is -0.405. The van der Waals surface area contributed by atoms with Crippen LogP contribution in [0, 0.1) is 0 Å². The van der Waals surface area contributed by atoms with Crippen molar-refractivity contribution in [2.24, 2.45) is 0 Å². The Kier molecular flexibility index (Phi) is 7.13. The molecule has 1 aliphatic rings. The van der Waals surface area contributed by atoms with E-state index in [-0.39, 0.29) is 24.0 Å². The average molecular weight is 456 g/mol. The summed E-state index contributed by atoms with van der Waals surface area (Å²) < 4.78 is 5.25. The maximum atomic E-state index is 12.7. The molecule has 3 aromatic rings. The molecule has 3 aromatic carbocycles. The van der Waals surface area contributed by atoms with Gasteiger partial charge in [-0.05, 0) is 47.9 Å². The van der Waals surface area contributed by atoms with Gasteiger partial charge in [0.1, 0.15) is 0 Å². The van der Waals surface area contributed by atoms with Crippen molar-refractivity contribution in [3.8, 4) is 0 Å². The van der Waals surface area contributed by atoms with Gasteiger partial charge in [-0.2, -0.15) is 0 Å². The van der Waals surface area contributed by atoms with Crippen molar-refractivity contribution in [2.75, 3.05) is 11.9 Å². The highest BCUT2D eigenvalue weighted by Gasteiger charge is 2.22. The fourth-order valence-electron chi connectivity index (χ4n) is 3.78. The number of aryl methyl sites for hydroxylation is 1. The van der Waals surface area contributed by atoms with Gasteiger partial charge in [-0.1, -0.05) is 48.5 Å². The predicted molar refractivity (Wildman–Crippen MR) is 126 cm³/mol. The second-order valence-corrected chi connectivity index (χ2v) is 8.01. The number of amides is 2. The maximum absolute atomic E-state index is 12.7. The molecule has 0 spiro atoms. The van der Waals surface area contributed by atoms with E-state index in [1.165, 1.54) is 0 Å². The summed E-state index contributed by atoms with van der Waals surface area (Å²) in [6, 6.07) is 22.3. The fraction of sp³-hybridized carbons (Fsp3) is 0.185. The Labute approximate surface area is 197 Å². The molecular formula is C27H24N2O5. The van der Waals surface area contributed by atoms with Gasteiger partial charge in [0, 0.05) is 23.2 Å². The van der Waals surface area contributed by atoms with Gasteiger partial charge in [0.25, 0.3) is 5.91 Å². The molecule has 1 aliphatic heterocycles. The lowest BCUT2D eigenvalue weighted by Gasteiger charge is -2.19. The van der Waals surface area contributed by atoms with Crippen LogP contribution in [0.15, 0.2) is 78.9 Å². The van der Waals surface area contributed by atoms with Crippen LogP contribution in [0.25, 0.3) is 0 Å². The van der Waals surface area contributed by atoms with Gasteiger partial charge in [0.15, 0.2) is 12.4 Å². The van der Waals surface area contributed by atoms with Crippen LogP contribution in [-0.2, 0) is 20.7 Å². The first-order valence-electron chi connectivity index (χ1n) is 11.0. The Bertz CT molecular complexity index is 1210. The molecule has 0 aromatic heterocycles. The van der Waals surface area contributed by atoms with Gasteiger partial charge in [-0.15, -0.1) is 0 Å². The van der Waals surface area contributed by atoms with E-state index >= 15 is 0 Å². The zero-order valence-electron chi connectivity index (χ0n) is 18.5. The van der Waals surface area contributed by atoms with Gasteiger partial charge in [-0.25, -0.2) is 0 Å². The number of esters is 1. The molecule has 172 valence electrons. The SMILES string of the molecule is O=C1CCc2cc(C(=O)COC(=O)CC(NC(=O)c3ccccc3)c3ccccc3)ccc2N1. The summed E-state index contributed by atoms with van der Waals surface area (Å²) in [7, 11) is 0. The normalized spacial score (nSPS) is 13.2. The van der Waals surface area contributed by atoms with E-state index < -0.39 is 18.6 Å². The molecule has 34 heavy (non-hydrogen) atoms. The second-order valence-electron chi connectivity index (χ2n) is 8.01. The summed E-state index contributed by atoms with van der Waals surface area (Å²) in [5, 5.41) is 5.65. The largest absolute Gasteiger partial charge is 0.457 e. The fourth-order valence-corrected chi connectivity index (χ4v) is 3.78. The van der Waals surface area contributed by atoms with E-state index in [2.05, 4.69) is 10.6 Å². The number of hydrogen-bond acceptors (Lipinski definition) is 5. The second kappa shape index (κ2) is 10.6. The van der Waals surface area contributed by atoms with Crippen LogP contribution in [-0.4, -0.2) is 30.2 Å². The highest BCUT2D eigenvalue weighted by atomic mass is 16.5. The summed E-state index contributed by atoms with van der Waals surface area (Å²) >= 11 is 0. The Balaban J connectivity index is 1.38. The zero-order valence-corrected chi connectivity index (χ0v) is 18.5. The van der Waals surface area contributed by atoms with E-state index in [4.69, 9.17) is 4.74 Å². The molecule has 7 nitrogen and oxygen atoms in total. The Hall–Kier alpha value is -4.26. The van der Waals surface area contributed by atoms with Crippen LogP contribution >= 0.6 is 0 Å². The third kappa shape index (κ3) is 5.75. The van der Waals surface area contributed by atoms with Crippen molar-refractivity contribution < 1.29 is 23.9 Å². The molecule has 1 atom stereocenters. The molecule has 1 unspecified atom stereocenters. The third-order valence-corrected chi connectivity index (χ3v) is 5.60. The molecule has 1 heterocycles. The maximum Gasteiger partial charge on any atom is 0.308 e. The quantitative estimate of drug-likeness (QED) is 0.396. The van der Waals surface area contributed by atoms with Gasteiger partial charge in [0.05, 0.1) is 12.5 Å². The number of ketones is 1. The van der Waals surface area contributed by atoms with E-state index in [1.54, 1.807) is 42.5 Å². The molecule has 2 N–H and O–H groups in total. The Morgan fingerprint density at radius 2 is 1.59 bits per heavy atom. The molecular weight excluding hydrogens is 432 g/mol. The summed E-state index contributed by atoms with van der Waals surface area (Å²) in [6.07, 6.45) is 0.809. The molecule has 0 aliphatic carbocycles. The van der Waals surface area contributed by atoms with Gasteiger partial charge in [-0.3, -0.25) is 19.2 Å². The molecule has 0 saturated heterocycles. The Morgan fingerprint density at radius 3 is 2.32 bits per heavy atom. The number of benzene rings is 3. The molecule has 7 heteroatoms. The van der Waals surface area contributed by atoms with Crippen LogP contribution in [0.1, 0.15) is 50.7 Å². The van der Waals surface area contributed by atoms with Gasteiger partial charge < -0.3 is 15.4 Å². The lowest BCUT2D eigenvalue weighted by atomic mass is 9.99. The van der Waals surface area contributed by atoms with E-state index in [1.807, 2.05) is 36.4 Å². The highest BCUT2D eigenvalue weighted by molar-refractivity contribution is 6.00. The number of rotatable bonds is 8. The number of Topliss-reactive ketones (excluding diaryl/α,β-unsaturated/α-hetero) is 1. The monoisotopic (exact) mass is 456 g/mol. The number of ether oxygens (including phenoxy) is 1. The molecule has 2 amide bonds. The molecule has 0 radical (unpaired) electrons. The number of fused-ring (bicyclic) bond motifs is 1. The number of nitrogens with one attached hydrogen (secondary N) is 2. The van der Waals surface area contributed by atoms with E-state index in [9.17, 15) is 19.2 Å². The molecule has 0 fully saturated rings. The van der Waals surface area contributed by atoms with Gasteiger partial charge in [0.2, 0.25) is 5.91 Å². The number of hydrogen-bond donors (Lipinski definition) is 2. The summed E-state index contributed by atoms with van der Waals surface area (Å²) in [4.78, 5) is 49.3. The van der Waals surface area contributed by atoms with Crippen molar-refractivity contribution in [1.29, 1.82) is 0 Å². The number of carbonyl (C=O) groups excluding carboxylic acids is 4. The first kappa shape index (κ1) is 22.9. The minimum absolute atomic E-state index is 0.0483. The van der Waals surface area contributed by atoms with Crippen LogP contribution in [0.5, 0.6) is 0 Å². The van der Waals surface area contributed by atoms with Crippen molar-refractivity contribution in [3.63, 3.8) is 0 Å². The topological polar surface area (TPSA) is 102 Å². The third-order valence-electron chi connectivity index (χ3n) is 5.60. The predicted octanol–water partition coefficient (Wildman–Crippen LogP) is 3.86. The van der Waals surface area contributed by atoms with E-state index in [0.717, 1.165) is 11.1 Å². The first-order valence-corrected chi connectivity index (χ1v) is 11.0. The average Bonchev–Trinajstić information content (AvgIpc) is 2.87. The lowest BCUT2D eigenvalue weighted by Crippen LogP contribution is -2.31.